The first-order chi connectivity index (χ1) is 9.59. The SMILES string of the molecule is CCCC1(C(=O)N2CCSCC2CC(=O)O)CCNC1. The molecule has 2 heterocycles. The highest BCUT2D eigenvalue weighted by atomic mass is 32.2. The Kier molecular flexibility index (Phi) is 5.32. The van der Waals surface area contributed by atoms with Crippen LogP contribution in [0, 0.1) is 5.41 Å². The van der Waals surface area contributed by atoms with Crippen molar-refractivity contribution in [1.82, 2.24) is 10.2 Å². The van der Waals surface area contributed by atoms with Crippen LogP contribution < -0.4 is 5.32 Å². The molecule has 0 aliphatic carbocycles. The Morgan fingerprint density at radius 2 is 2.30 bits per heavy atom. The lowest BCUT2D eigenvalue weighted by molar-refractivity contribution is -0.146. The first-order valence-electron chi connectivity index (χ1n) is 7.40. The zero-order valence-electron chi connectivity index (χ0n) is 12.1. The predicted octanol–water partition coefficient (Wildman–Crippen LogP) is 1.18. The van der Waals surface area contributed by atoms with E-state index in [9.17, 15) is 9.59 Å². The first-order valence-corrected chi connectivity index (χ1v) is 8.56. The van der Waals surface area contributed by atoms with E-state index in [1.165, 1.54) is 0 Å². The number of hydrogen-bond donors (Lipinski definition) is 2. The quantitative estimate of drug-likeness (QED) is 0.798. The van der Waals surface area contributed by atoms with E-state index in [4.69, 9.17) is 5.11 Å². The molecule has 0 bridgehead atoms. The van der Waals surface area contributed by atoms with E-state index in [1.807, 2.05) is 4.90 Å². The number of nitrogens with zero attached hydrogens (tertiary/aromatic N) is 1. The summed E-state index contributed by atoms with van der Waals surface area (Å²) in [6.07, 6.45) is 2.82. The molecule has 2 unspecified atom stereocenters. The van der Waals surface area contributed by atoms with E-state index in [1.54, 1.807) is 11.8 Å². The fourth-order valence-corrected chi connectivity index (χ4v) is 4.38. The number of carboxylic acids is 1. The largest absolute Gasteiger partial charge is 0.481 e. The van der Waals surface area contributed by atoms with Crippen molar-refractivity contribution >= 4 is 23.6 Å². The summed E-state index contributed by atoms with van der Waals surface area (Å²) >= 11 is 1.75. The summed E-state index contributed by atoms with van der Waals surface area (Å²) in [5, 5.41) is 12.3. The summed E-state index contributed by atoms with van der Waals surface area (Å²) in [6, 6.07) is -0.145. The van der Waals surface area contributed by atoms with Crippen molar-refractivity contribution in [3.8, 4) is 0 Å². The molecule has 2 N–H and O–H groups in total. The number of rotatable bonds is 5. The van der Waals surface area contributed by atoms with Gasteiger partial charge >= 0.3 is 5.97 Å². The summed E-state index contributed by atoms with van der Waals surface area (Å²) in [5.41, 5.74) is -0.298. The highest BCUT2D eigenvalue weighted by Gasteiger charge is 2.45. The van der Waals surface area contributed by atoms with Gasteiger partial charge in [-0.2, -0.15) is 11.8 Å². The average Bonchev–Trinajstić information content (AvgIpc) is 2.88. The lowest BCUT2D eigenvalue weighted by Gasteiger charge is -2.40. The average molecular weight is 300 g/mol. The normalized spacial score (nSPS) is 30.4. The molecule has 2 fully saturated rings. The molecule has 0 saturated carbocycles. The standard InChI is InChI=1S/C14H24N2O3S/c1-2-3-14(4-5-15-10-14)13(19)16-6-7-20-9-11(16)8-12(17)18/h11,15H,2-10H2,1H3,(H,17,18). The van der Waals surface area contributed by atoms with Crippen LogP contribution in [-0.4, -0.2) is 59.1 Å². The molecule has 20 heavy (non-hydrogen) atoms. The van der Waals surface area contributed by atoms with E-state index in [0.717, 1.165) is 43.9 Å². The van der Waals surface area contributed by atoms with Crippen LogP contribution >= 0.6 is 11.8 Å². The molecule has 2 rings (SSSR count). The number of carbonyl (C=O) groups excluding carboxylic acids is 1. The Morgan fingerprint density at radius 3 is 2.90 bits per heavy atom. The minimum atomic E-state index is -0.815. The number of carbonyl (C=O) groups is 2. The second-order valence-electron chi connectivity index (χ2n) is 5.78. The van der Waals surface area contributed by atoms with Crippen LogP contribution in [0.1, 0.15) is 32.6 Å². The fraction of sp³-hybridized carbons (Fsp3) is 0.857. The van der Waals surface area contributed by atoms with Crippen molar-refractivity contribution in [2.75, 3.05) is 31.1 Å². The number of amides is 1. The van der Waals surface area contributed by atoms with Gasteiger partial charge in [-0.15, -0.1) is 0 Å². The van der Waals surface area contributed by atoms with Crippen LogP contribution in [0.4, 0.5) is 0 Å². The van der Waals surface area contributed by atoms with Crippen LogP contribution in [0.3, 0.4) is 0 Å². The van der Waals surface area contributed by atoms with Gasteiger partial charge in [0.05, 0.1) is 17.9 Å². The van der Waals surface area contributed by atoms with Crippen LogP contribution in [0.25, 0.3) is 0 Å². The third kappa shape index (κ3) is 3.28. The highest BCUT2D eigenvalue weighted by Crippen LogP contribution is 2.35. The minimum absolute atomic E-state index is 0.0639. The molecule has 0 aromatic heterocycles. The molecule has 2 atom stereocenters. The Labute approximate surface area is 124 Å². The number of thioether (sulfide) groups is 1. The van der Waals surface area contributed by atoms with Crippen molar-refractivity contribution in [3.05, 3.63) is 0 Å². The van der Waals surface area contributed by atoms with E-state index in [0.29, 0.717) is 6.54 Å². The fourth-order valence-electron chi connectivity index (χ4n) is 3.32. The zero-order valence-corrected chi connectivity index (χ0v) is 12.9. The lowest BCUT2D eigenvalue weighted by Crippen LogP contribution is -2.53. The molecule has 2 aliphatic heterocycles. The van der Waals surface area contributed by atoms with Gasteiger partial charge in [-0.3, -0.25) is 9.59 Å². The molecular formula is C14H24N2O3S. The van der Waals surface area contributed by atoms with Gasteiger partial charge in [0, 0.05) is 24.6 Å². The topological polar surface area (TPSA) is 69.6 Å². The molecule has 2 saturated heterocycles. The van der Waals surface area contributed by atoms with Gasteiger partial charge in [0.15, 0.2) is 0 Å². The van der Waals surface area contributed by atoms with Crippen molar-refractivity contribution in [2.45, 2.75) is 38.6 Å². The summed E-state index contributed by atoms with van der Waals surface area (Å²) in [7, 11) is 0. The summed E-state index contributed by atoms with van der Waals surface area (Å²) in [6.45, 7) is 4.42. The van der Waals surface area contributed by atoms with E-state index in [-0.39, 0.29) is 23.8 Å². The van der Waals surface area contributed by atoms with Gasteiger partial charge in [-0.1, -0.05) is 13.3 Å². The van der Waals surface area contributed by atoms with Crippen molar-refractivity contribution in [2.24, 2.45) is 5.41 Å². The molecule has 0 spiro atoms. The van der Waals surface area contributed by atoms with E-state index in [2.05, 4.69) is 12.2 Å². The van der Waals surface area contributed by atoms with E-state index >= 15 is 0 Å². The molecule has 0 radical (unpaired) electrons. The Morgan fingerprint density at radius 1 is 1.50 bits per heavy atom. The lowest BCUT2D eigenvalue weighted by atomic mass is 9.80. The maximum Gasteiger partial charge on any atom is 0.305 e. The predicted molar refractivity (Wildman–Crippen MR) is 79.9 cm³/mol. The maximum atomic E-state index is 13.0. The number of nitrogens with one attached hydrogen (secondary N) is 1. The van der Waals surface area contributed by atoms with Crippen LogP contribution in [0.5, 0.6) is 0 Å². The molecule has 0 aromatic rings. The molecular weight excluding hydrogens is 276 g/mol. The smallest absolute Gasteiger partial charge is 0.305 e. The second-order valence-corrected chi connectivity index (χ2v) is 6.93. The van der Waals surface area contributed by atoms with Gasteiger partial charge in [-0.25, -0.2) is 0 Å². The monoisotopic (exact) mass is 300 g/mol. The summed E-state index contributed by atoms with van der Waals surface area (Å²) in [5.74, 6) is 1.02. The molecule has 5 nitrogen and oxygen atoms in total. The third-order valence-corrected chi connectivity index (χ3v) is 5.42. The molecule has 114 valence electrons. The summed E-state index contributed by atoms with van der Waals surface area (Å²) in [4.78, 5) is 25.8. The number of aliphatic carboxylic acids is 1. The van der Waals surface area contributed by atoms with Crippen molar-refractivity contribution in [1.29, 1.82) is 0 Å². The maximum absolute atomic E-state index is 13.0. The highest BCUT2D eigenvalue weighted by molar-refractivity contribution is 7.99. The first kappa shape index (κ1) is 15.6. The van der Waals surface area contributed by atoms with Crippen LogP contribution in [-0.2, 0) is 9.59 Å². The van der Waals surface area contributed by atoms with Gasteiger partial charge < -0.3 is 15.3 Å². The Balaban J connectivity index is 2.13. The molecule has 1 amide bonds. The number of hydrogen-bond acceptors (Lipinski definition) is 4. The molecule has 6 heteroatoms. The van der Waals surface area contributed by atoms with Gasteiger partial charge in [-0.05, 0) is 19.4 Å². The van der Waals surface area contributed by atoms with Crippen molar-refractivity contribution in [3.63, 3.8) is 0 Å². The van der Waals surface area contributed by atoms with Gasteiger partial charge in [0.2, 0.25) is 5.91 Å². The zero-order chi connectivity index (χ0) is 14.6. The van der Waals surface area contributed by atoms with E-state index < -0.39 is 5.97 Å². The Hall–Kier alpha value is -0.750. The third-order valence-electron chi connectivity index (χ3n) is 4.32. The molecule has 0 aromatic carbocycles. The molecule has 2 aliphatic rings. The van der Waals surface area contributed by atoms with Crippen LogP contribution in [0.2, 0.25) is 0 Å². The Bertz CT molecular complexity index is 369. The van der Waals surface area contributed by atoms with Crippen LogP contribution in [0.15, 0.2) is 0 Å². The minimum Gasteiger partial charge on any atom is -0.481 e. The second kappa shape index (κ2) is 6.80. The van der Waals surface area contributed by atoms with Gasteiger partial charge in [0.1, 0.15) is 0 Å². The van der Waals surface area contributed by atoms with Gasteiger partial charge in [0.25, 0.3) is 0 Å². The van der Waals surface area contributed by atoms with Crippen molar-refractivity contribution < 1.29 is 14.7 Å². The number of carboxylic acid groups (broad SMARTS) is 1. The summed E-state index contributed by atoms with van der Waals surface area (Å²) < 4.78 is 0.